The minimum absolute atomic E-state index is 0.750. The van der Waals surface area contributed by atoms with Gasteiger partial charge in [-0.15, -0.1) is 6.58 Å². The van der Waals surface area contributed by atoms with Crippen molar-refractivity contribution in [3.63, 3.8) is 0 Å². The Balaban J connectivity index is -0.000000315. The first-order chi connectivity index (χ1) is 8.74. The quantitative estimate of drug-likeness (QED) is 0.275. The molecule has 0 radical (unpaired) electrons. The standard InChI is InChI=1S/C12H24.2CHNO/c1-3-5-7-9-11-12-10-8-6-4-2;2*2-1-3/h3H,1,4-12H2,2H3;2*2H. The fourth-order valence-electron chi connectivity index (χ4n) is 1.42. The number of hydrogen-bond donors (Lipinski definition) is 2. The third-order valence-electron chi connectivity index (χ3n) is 2.26. The van der Waals surface area contributed by atoms with Crippen LogP contribution in [0.3, 0.4) is 0 Å². The molecule has 0 saturated carbocycles. The molecule has 0 bridgehead atoms. The van der Waals surface area contributed by atoms with Crippen molar-refractivity contribution in [3.05, 3.63) is 12.7 Å². The summed E-state index contributed by atoms with van der Waals surface area (Å²) >= 11 is 0. The molecule has 18 heavy (non-hydrogen) atoms. The maximum absolute atomic E-state index is 8.35. The lowest BCUT2D eigenvalue weighted by Crippen LogP contribution is -1.79. The van der Waals surface area contributed by atoms with Gasteiger partial charge in [-0.2, -0.15) is 0 Å². The summed E-state index contributed by atoms with van der Waals surface area (Å²) in [5.41, 5.74) is 0. The molecule has 0 fully saturated rings. The van der Waals surface area contributed by atoms with E-state index < -0.39 is 0 Å². The first-order valence-electron chi connectivity index (χ1n) is 6.43. The fourth-order valence-corrected chi connectivity index (χ4v) is 1.42. The van der Waals surface area contributed by atoms with Gasteiger partial charge in [-0.05, 0) is 12.8 Å². The third-order valence-corrected chi connectivity index (χ3v) is 2.26. The normalized spacial score (nSPS) is 7.61. The molecular formula is C14H26N2O2. The molecule has 0 aromatic carbocycles. The lowest BCUT2D eigenvalue weighted by atomic mass is 10.1. The highest BCUT2D eigenvalue weighted by Crippen LogP contribution is 2.09. The molecule has 0 aromatic rings. The summed E-state index contributed by atoms with van der Waals surface area (Å²) in [6.07, 6.45) is 16.0. The van der Waals surface area contributed by atoms with Gasteiger partial charge in [0.05, 0.1) is 0 Å². The van der Waals surface area contributed by atoms with Gasteiger partial charge in [0.2, 0.25) is 12.2 Å². The SMILES string of the molecule is C=CCCCCCCCCCC.N=C=O.N=C=O. The Labute approximate surface area is 110 Å². The van der Waals surface area contributed by atoms with Crippen molar-refractivity contribution in [2.24, 2.45) is 0 Å². The molecule has 0 aliphatic rings. The highest BCUT2D eigenvalue weighted by molar-refractivity contribution is 5.26. The minimum Gasteiger partial charge on any atom is -0.222 e. The van der Waals surface area contributed by atoms with E-state index in [2.05, 4.69) is 13.5 Å². The number of hydrogen-bond acceptors (Lipinski definition) is 4. The second-order valence-electron chi connectivity index (χ2n) is 3.76. The van der Waals surface area contributed by atoms with Crippen molar-refractivity contribution in [2.75, 3.05) is 0 Å². The Morgan fingerprint density at radius 1 is 0.889 bits per heavy atom. The third kappa shape index (κ3) is 47.0. The molecule has 0 unspecified atom stereocenters. The zero-order valence-corrected chi connectivity index (χ0v) is 11.5. The van der Waals surface area contributed by atoms with E-state index in [0.717, 1.165) is 12.2 Å². The van der Waals surface area contributed by atoms with Gasteiger partial charge in [0.25, 0.3) is 0 Å². The number of rotatable bonds is 9. The summed E-state index contributed by atoms with van der Waals surface area (Å²) < 4.78 is 0. The predicted molar refractivity (Wildman–Crippen MR) is 74.3 cm³/mol. The Morgan fingerprint density at radius 2 is 1.22 bits per heavy atom. The zero-order valence-electron chi connectivity index (χ0n) is 11.5. The van der Waals surface area contributed by atoms with Crippen LogP contribution < -0.4 is 0 Å². The van der Waals surface area contributed by atoms with Crippen LogP contribution in [0.2, 0.25) is 0 Å². The van der Waals surface area contributed by atoms with Crippen molar-refractivity contribution in [2.45, 2.75) is 64.7 Å². The first kappa shape index (κ1) is 21.8. The van der Waals surface area contributed by atoms with Crippen molar-refractivity contribution in [1.82, 2.24) is 0 Å². The molecule has 0 amide bonds. The van der Waals surface area contributed by atoms with Gasteiger partial charge in [-0.1, -0.05) is 57.9 Å². The molecule has 0 aliphatic carbocycles. The average Bonchev–Trinajstić information content (AvgIpc) is 2.35. The summed E-state index contributed by atoms with van der Waals surface area (Å²) in [5, 5.41) is 10.8. The van der Waals surface area contributed by atoms with E-state index in [-0.39, 0.29) is 0 Å². The Morgan fingerprint density at radius 3 is 1.56 bits per heavy atom. The second-order valence-corrected chi connectivity index (χ2v) is 3.76. The van der Waals surface area contributed by atoms with E-state index in [1.54, 1.807) is 0 Å². The Hall–Kier alpha value is -1.50. The molecule has 0 spiro atoms. The monoisotopic (exact) mass is 254 g/mol. The summed E-state index contributed by atoms with van der Waals surface area (Å²) in [6.45, 7) is 5.99. The van der Waals surface area contributed by atoms with Gasteiger partial charge < -0.3 is 0 Å². The van der Waals surface area contributed by atoms with Crippen molar-refractivity contribution < 1.29 is 9.59 Å². The second kappa shape index (κ2) is 29.6. The van der Waals surface area contributed by atoms with E-state index in [4.69, 9.17) is 20.4 Å². The van der Waals surface area contributed by atoms with Gasteiger partial charge in [0, 0.05) is 0 Å². The Bertz CT molecular complexity index is 204. The van der Waals surface area contributed by atoms with Crippen LogP contribution in [0, 0.1) is 10.8 Å². The maximum Gasteiger partial charge on any atom is 0.231 e. The number of nitrogens with one attached hydrogen (secondary N) is 2. The van der Waals surface area contributed by atoms with Crippen LogP contribution >= 0.6 is 0 Å². The smallest absolute Gasteiger partial charge is 0.222 e. The van der Waals surface area contributed by atoms with Crippen LogP contribution in [0.1, 0.15) is 64.7 Å². The van der Waals surface area contributed by atoms with Gasteiger partial charge in [0.1, 0.15) is 0 Å². The van der Waals surface area contributed by atoms with Gasteiger partial charge in [-0.25, -0.2) is 20.4 Å². The fraction of sp³-hybridized carbons (Fsp3) is 0.714. The predicted octanol–water partition coefficient (Wildman–Crippen LogP) is 4.51. The highest BCUT2D eigenvalue weighted by atomic mass is 16.1. The lowest BCUT2D eigenvalue weighted by Gasteiger charge is -1.99. The molecule has 4 heteroatoms. The van der Waals surface area contributed by atoms with E-state index >= 15 is 0 Å². The summed E-state index contributed by atoms with van der Waals surface area (Å²) in [4.78, 5) is 16.7. The maximum atomic E-state index is 8.35. The molecule has 0 rings (SSSR count). The summed E-state index contributed by atoms with van der Waals surface area (Å²) in [6, 6.07) is 0. The Kier molecular flexibility index (Phi) is 35.7. The van der Waals surface area contributed by atoms with E-state index in [1.807, 2.05) is 6.08 Å². The van der Waals surface area contributed by atoms with E-state index in [0.29, 0.717) is 0 Å². The molecule has 2 N–H and O–H groups in total. The molecule has 0 heterocycles. The van der Waals surface area contributed by atoms with Crippen LogP contribution in [0.25, 0.3) is 0 Å². The molecule has 0 atom stereocenters. The summed E-state index contributed by atoms with van der Waals surface area (Å²) in [5.74, 6) is 0. The van der Waals surface area contributed by atoms with E-state index in [9.17, 15) is 0 Å². The summed E-state index contributed by atoms with van der Waals surface area (Å²) in [7, 11) is 0. The number of carbonyl (C=O) groups excluding carboxylic acids is 2. The number of isocyanates is 2. The molecular weight excluding hydrogens is 228 g/mol. The molecule has 104 valence electrons. The topological polar surface area (TPSA) is 81.8 Å². The number of allylic oxidation sites excluding steroid dienone is 1. The largest absolute Gasteiger partial charge is 0.231 e. The van der Waals surface area contributed by atoms with Crippen LogP contribution in [0.5, 0.6) is 0 Å². The minimum atomic E-state index is 0.750. The van der Waals surface area contributed by atoms with Gasteiger partial charge in [-0.3, -0.25) is 0 Å². The van der Waals surface area contributed by atoms with Gasteiger partial charge >= 0.3 is 0 Å². The molecule has 0 saturated heterocycles. The molecule has 0 aliphatic heterocycles. The highest BCUT2D eigenvalue weighted by Gasteiger charge is 1.89. The zero-order chi connectivity index (χ0) is 14.5. The lowest BCUT2D eigenvalue weighted by molar-refractivity contribution is 0.562. The first-order valence-corrected chi connectivity index (χ1v) is 6.43. The average molecular weight is 254 g/mol. The van der Waals surface area contributed by atoms with Crippen molar-refractivity contribution in [3.8, 4) is 0 Å². The van der Waals surface area contributed by atoms with Crippen LogP contribution in [-0.4, -0.2) is 12.2 Å². The van der Waals surface area contributed by atoms with Gasteiger partial charge in [0.15, 0.2) is 0 Å². The van der Waals surface area contributed by atoms with E-state index in [1.165, 1.54) is 57.8 Å². The van der Waals surface area contributed by atoms with Crippen LogP contribution in [0.4, 0.5) is 0 Å². The van der Waals surface area contributed by atoms with Crippen molar-refractivity contribution >= 4 is 12.2 Å². The molecule has 4 nitrogen and oxygen atoms in total. The van der Waals surface area contributed by atoms with Crippen LogP contribution in [-0.2, 0) is 9.59 Å². The molecule has 0 aromatic heterocycles. The van der Waals surface area contributed by atoms with Crippen molar-refractivity contribution in [1.29, 1.82) is 10.8 Å². The van der Waals surface area contributed by atoms with Crippen LogP contribution in [0.15, 0.2) is 12.7 Å². The number of unbranched alkanes of at least 4 members (excludes halogenated alkanes) is 8.